The van der Waals surface area contributed by atoms with E-state index in [2.05, 4.69) is 6.92 Å². The predicted octanol–water partition coefficient (Wildman–Crippen LogP) is 1.28. The van der Waals surface area contributed by atoms with Gasteiger partial charge in [0.05, 0.1) is 5.75 Å². The van der Waals surface area contributed by atoms with Crippen molar-refractivity contribution >= 4 is 21.6 Å². The maximum absolute atomic E-state index is 11.1. The van der Waals surface area contributed by atoms with Crippen LogP contribution in [0.1, 0.15) is 26.7 Å². The van der Waals surface area contributed by atoms with Crippen LogP contribution in [-0.4, -0.2) is 37.5 Å². The van der Waals surface area contributed by atoms with E-state index in [0.717, 1.165) is 17.9 Å². The molecule has 0 amide bonds. The summed E-state index contributed by atoms with van der Waals surface area (Å²) < 4.78 is 22.3. The lowest BCUT2D eigenvalue weighted by Gasteiger charge is -2.09. The number of nitrogens with two attached hydrogens (primary N) is 1. The zero-order chi connectivity index (χ0) is 11.0. The molecule has 0 aromatic rings. The molecule has 0 rings (SSSR count). The summed E-state index contributed by atoms with van der Waals surface area (Å²) in [6, 6.07) is 0.145. The van der Waals surface area contributed by atoms with Crippen molar-refractivity contribution in [2.75, 3.05) is 23.0 Å². The Morgan fingerprint density at radius 2 is 2.00 bits per heavy atom. The van der Waals surface area contributed by atoms with Crippen LogP contribution in [0.5, 0.6) is 0 Å². The molecule has 14 heavy (non-hydrogen) atoms. The highest BCUT2D eigenvalue weighted by molar-refractivity contribution is 7.99. The van der Waals surface area contributed by atoms with Gasteiger partial charge in [-0.05, 0) is 18.6 Å². The molecule has 3 nitrogen and oxygen atoms in total. The molecule has 5 heteroatoms. The highest BCUT2D eigenvalue weighted by Crippen LogP contribution is 2.06. The van der Waals surface area contributed by atoms with Crippen LogP contribution in [0.2, 0.25) is 0 Å². The third-order valence-electron chi connectivity index (χ3n) is 2.01. The van der Waals surface area contributed by atoms with Gasteiger partial charge in [0.25, 0.3) is 0 Å². The largest absolute Gasteiger partial charge is 0.327 e. The predicted molar refractivity (Wildman–Crippen MR) is 64.5 cm³/mol. The molecule has 0 aromatic heterocycles. The van der Waals surface area contributed by atoms with E-state index in [1.807, 2.05) is 0 Å². The van der Waals surface area contributed by atoms with E-state index in [4.69, 9.17) is 5.73 Å². The first-order valence-electron chi connectivity index (χ1n) is 5.05. The molecule has 0 aliphatic carbocycles. The monoisotopic (exact) mass is 239 g/mol. The zero-order valence-corrected chi connectivity index (χ0v) is 10.7. The Morgan fingerprint density at radius 3 is 2.50 bits per heavy atom. The van der Waals surface area contributed by atoms with Crippen LogP contribution in [0.4, 0.5) is 0 Å². The van der Waals surface area contributed by atoms with Crippen LogP contribution in [0, 0.1) is 0 Å². The minimum atomic E-state index is -2.80. The van der Waals surface area contributed by atoms with Gasteiger partial charge in [0.2, 0.25) is 0 Å². The number of rotatable bonds is 8. The van der Waals surface area contributed by atoms with Crippen LogP contribution in [0.15, 0.2) is 0 Å². The van der Waals surface area contributed by atoms with Gasteiger partial charge in [0.1, 0.15) is 9.84 Å². The summed E-state index contributed by atoms with van der Waals surface area (Å²) >= 11 is 1.81. The first kappa shape index (κ1) is 14.3. The molecule has 2 N–H and O–H groups in total. The van der Waals surface area contributed by atoms with Crippen LogP contribution in [-0.2, 0) is 9.84 Å². The lowest BCUT2D eigenvalue weighted by molar-refractivity contribution is 0.587. The fraction of sp³-hybridized carbons (Fsp3) is 1.00. The van der Waals surface area contributed by atoms with E-state index in [-0.39, 0.29) is 17.5 Å². The van der Waals surface area contributed by atoms with Gasteiger partial charge in [0, 0.05) is 17.5 Å². The summed E-state index contributed by atoms with van der Waals surface area (Å²) in [5.74, 6) is 2.53. The average Bonchev–Trinajstić information content (AvgIpc) is 2.14. The fourth-order valence-electron chi connectivity index (χ4n) is 1.06. The topological polar surface area (TPSA) is 60.2 Å². The standard InChI is InChI=1S/C9H21NO2S2/c1-3-13-8-9(10)6-5-7-14(11,12)4-2/h9H,3-8,10H2,1-2H3. The van der Waals surface area contributed by atoms with Gasteiger partial charge >= 0.3 is 0 Å². The number of sulfone groups is 1. The van der Waals surface area contributed by atoms with Crippen molar-refractivity contribution in [3.63, 3.8) is 0 Å². The first-order valence-corrected chi connectivity index (χ1v) is 8.03. The van der Waals surface area contributed by atoms with Crippen molar-refractivity contribution in [2.45, 2.75) is 32.7 Å². The Morgan fingerprint density at radius 1 is 1.36 bits per heavy atom. The second kappa shape index (κ2) is 7.54. The average molecular weight is 239 g/mol. The Labute approximate surface area is 91.7 Å². The number of hydrogen-bond donors (Lipinski definition) is 1. The Hall–Kier alpha value is 0.260. The summed E-state index contributed by atoms with van der Waals surface area (Å²) in [6.07, 6.45) is 1.51. The van der Waals surface area contributed by atoms with Crippen LogP contribution in [0.25, 0.3) is 0 Å². The zero-order valence-electron chi connectivity index (χ0n) is 9.03. The normalized spacial score (nSPS) is 14.2. The first-order chi connectivity index (χ1) is 6.52. The third kappa shape index (κ3) is 7.64. The number of hydrogen-bond acceptors (Lipinski definition) is 4. The van der Waals surface area contributed by atoms with Crippen molar-refractivity contribution in [1.29, 1.82) is 0 Å². The smallest absolute Gasteiger partial charge is 0.150 e. The van der Waals surface area contributed by atoms with E-state index >= 15 is 0 Å². The van der Waals surface area contributed by atoms with Gasteiger partial charge in [0.15, 0.2) is 0 Å². The van der Waals surface area contributed by atoms with Crippen LogP contribution in [0.3, 0.4) is 0 Å². The van der Waals surface area contributed by atoms with Gasteiger partial charge in [-0.25, -0.2) is 8.42 Å². The molecule has 0 heterocycles. The molecular weight excluding hydrogens is 218 g/mol. The van der Waals surface area contributed by atoms with E-state index in [1.54, 1.807) is 18.7 Å². The van der Waals surface area contributed by atoms with Crippen LogP contribution < -0.4 is 5.73 Å². The van der Waals surface area contributed by atoms with E-state index in [9.17, 15) is 8.42 Å². The molecule has 86 valence electrons. The Balaban J connectivity index is 3.54. The van der Waals surface area contributed by atoms with Crippen molar-refractivity contribution in [3.8, 4) is 0 Å². The second-order valence-corrected chi connectivity index (χ2v) is 7.09. The SMILES string of the molecule is CCSCC(N)CCCS(=O)(=O)CC. The van der Waals surface area contributed by atoms with Crippen molar-refractivity contribution in [3.05, 3.63) is 0 Å². The van der Waals surface area contributed by atoms with Crippen molar-refractivity contribution in [1.82, 2.24) is 0 Å². The van der Waals surface area contributed by atoms with Gasteiger partial charge in [-0.15, -0.1) is 0 Å². The quantitative estimate of drug-likeness (QED) is 0.693. The lowest BCUT2D eigenvalue weighted by Crippen LogP contribution is -2.24. The third-order valence-corrected chi connectivity index (χ3v) is 4.87. The fourth-order valence-corrected chi connectivity index (χ4v) is 2.66. The lowest BCUT2D eigenvalue weighted by atomic mass is 10.2. The summed E-state index contributed by atoms with van der Waals surface area (Å²) in [4.78, 5) is 0. The van der Waals surface area contributed by atoms with E-state index < -0.39 is 9.84 Å². The van der Waals surface area contributed by atoms with Crippen LogP contribution >= 0.6 is 11.8 Å². The summed E-state index contributed by atoms with van der Waals surface area (Å²) in [7, 11) is -2.80. The summed E-state index contributed by atoms with van der Waals surface area (Å²) in [5.41, 5.74) is 5.81. The Kier molecular flexibility index (Phi) is 7.68. The number of thioether (sulfide) groups is 1. The van der Waals surface area contributed by atoms with Gasteiger partial charge in [-0.1, -0.05) is 13.8 Å². The molecule has 0 aromatic carbocycles. The highest BCUT2D eigenvalue weighted by Gasteiger charge is 2.08. The molecule has 0 aliphatic heterocycles. The van der Waals surface area contributed by atoms with E-state index in [1.165, 1.54) is 0 Å². The van der Waals surface area contributed by atoms with Gasteiger partial charge in [-0.3, -0.25) is 0 Å². The van der Waals surface area contributed by atoms with Crippen molar-refractivity contribution < 1.29 is 8.42 Å². The molecule has 0 saturated heterocycles. The van der Waals surface area contributed by atoms with Gasteiger partial charge < -0.3 is 5.73 Å². The summed E-state index contributed by atoms with van der Waals surface area (Å²) in [5, 5.41) is 0. The molecule has 1 unspecified atom stereocenters. The minimum absolute atomic E-state index is 0.145. The maximum Gasteiger partial charge on any atom is 0.150 e. The van der Waals surface area contributed by atoms with Crippen molar-refractivity contribution in [2.24, 2.45) is 5.73 Å². The molecule has 0 bridgehead atoms. The maximum atomic E-state index is 11.1. The molecule has 1 atom stereocenters. The second-order valence-electron chi connectivity index (χ2n) is 3.30. The Bertz CT molecular complexity index is 227. The molecule has 0 aliphatic rings. The molecule has 0 radical (unpaired) electrons. The molecule has 0 spiro atoms. The van der Waals surface area contributed by atoms with Gasteiger partial charge in [-0.2, -0.15) is 11.8 Å². The highest BCUT2D eigenvalue weighted by atomic mass is 32.2. The molecular formula is C9H21NO2S2. The minimum Gasteiger partial charge on any atom is -0.327 e. The summed E-state index contributed by atoms with van der Waals surface area (Å²) in [6.45, 7) is 3.78. The molecule has 0 fully saturated rings. The molecule has 0 saturated carbocycles. The van der Waals surface area contributed by atoms with E-state index in [0.29, 0.717) is 6.42 Å².